The third-order valence-corrected chi connectivity index (χ3v) is 5.19. The van der Waals surface area contributed by atoms with Gasteiger partial charge in [-0.15, -0.1) is 21.5 Å². The van der Waals surface area contributed by atoms with Crippen LogP contribution in [0, 0.1) is 12.8 Å². The molecule has 0 fully saturated rings. The molecule has 0 bridgehead atoms. The van der Waals surface area contributed by atoms with Crippen molar-refractivity contribution in [3.8, 4) is 0 Å². The Morgan fingerprint density at radius 1 is 1.43 bits per heavy atom. The largest absolute Gasteiger partial charge is 0.356 e. The number of aromatic nitrogens is 3. The molecule has 1 atom stereocenters. The molecule has 0 aromatic carbocycles. The number of hydrogen-bond donors (Lipinski definition) is 2. The number of aliphatic imine (C=N–C) groups is 1. The van der Waals surface area contributed by atoms with Gasteiger partial charge in [-0.05, 0) is 37.1 Å². The van der Waals surface area contributed by atoms with Crippen LogP contribution in [0.1, 0.15) is 22.9 Å². The number of fused-ring (bicyclic) bond motifs is 1. The Bertz CT molecular complexity index is 646. The van der Waals surface area contributed by atoms with Crippen molar-refractivity contribution in [2.45, 2.75) is 32.7 Å². The van der Waals surface area contributed by atoms with Gasteiger partial charge in [0, 0.05) is 38.0 Å². The molecular weight excluding hydrogens is 308 g/mol. The van der Waals surface area contributed by atoms with E-state index in [0.29, 0.717) is 5.92 Å². The fourth-order valence-corrected chi connectivity index (χ4v) is 3.63. The lowest BCUT2D eigenvalue weighted by Crippen LogP contribution is -2.42. The van der Waals surface area contributed by atoms with Crippen molar-refractivity contribution in [1.29, 1.82) is 0 Å². The third kappa shape index (κ3) is 4.10. The number of aryl methyl sites for hydroxylation is 2. The van der Waals surface area contributed by atoms with Crippen molar-refractivity contribution >= 4 is 17.3 Å². The van der Waals surface area contributed by atoms with Gasteiger partial charge in [0.1, 0.15) is 11.6 Å². The van der Waals surface area contributed by atoms with E-state index in [0.717, 1.165) is 56.5 Å². The van der Waals surface area contributed by atoms with Crippen molar-refractivity contribution in [2.75, 3.05) is 20.1 Å². The lowest BCUT2D eigenvalue weighted by atomic mass is 9.99. The van der Waals surface area contributed by atoms with E-state index in [4.69, 9.17) is 0 Å². The molecule has 0 aliphatic carbocycles. The normalized spacial score (nSPS) is 17.8. The predicted molar refractivity (Wildman–Crippen MR) is 94.0 cm³/mol. The van der Waals surface area contributed by atoms with Crippen LogP contribution in [0.25, 0.3) is 0 Å². The van der Waals surface area contributed by atoms with E-state index >= 15 is 0 Å². The first-order valence-electron chi connectivity index (χ1n) is 8.12. The molecule has 1 aliphatic heterocycles. The average Bonchev–Trinajstić information content (AvgIpc) is 3.21. The van der Waals surface area contributed by atoms with Crippen molar-refractivity contribution < 1.29 is 0 Å². The van der Waals surface area contributed by atoms with Crippen LogP contribution in [-0.4, -0.2) is 40.9 Å². The molecule has 2 aromatic heterocycles. The summed E-state index contributed by atoms with van der Waals surface area (Å²) in [6.45, 7) is 4.85. The van der Waals surface area contributed by atoms with E-state index in [1.165, 1.54) is 4.88 Å². The molecule has 0 amide bonds. The van der Waals surface area contributed by atoms with Crippen molar-refractivity contribution in [1.82, 2.24) is 25.4 Å². The summed E-state index contributed by atoms with van der Waals surface area (Å²) < 4.78 is 2.24. The first-order chi connectivity index (χ1) is 11.3. The Balaban J connectivity index is 1.43. The maximum atomic E-state index is 4.31. The monoisotopic (exact) mass is 332 g/mol. The fraction of sp³-hybridized carbons (Fsp3) is 0.562. The number of hydrogen-bond acceptors (Lipinski definition) is 4. The highest BCUT2D eigenvalue weighted by atomic mass is 32.1. The second-order valence-electron chi connectivity index (χ2n) is 5.89. The molecule has 1 aliphatic rings. The van der Waals surface area contributed by atoms with Crippen molar-refractivity contribution in [3.63, 3.8) is 0 Å². The van der Waals surface area contributed by atoms with E-state index in [1.54, 1.807) is 11.3 Å². The highest BCUT2D eigenvalue weighted by molar-refractivity contribution is 7.09. The Hall–Kier alpha value is -1.89. The molecule has 0 saturated heterocycles. The van der Waals surface area contributed by atoms with Crippen LogP contribution >= 0.6 is 11.3 Å². The van der Waals surface area contributed by atoms with Crippen LogP contribution < -0.4 is 10.6 Å². The summed E-state index contributed by atoms with van der Waals surface area (Å²) in [4.78, 5) is 5.71. The Morgan fingerprint density at radius 2 is 2.35 bits per heavy atom. The van der Waals surface area contributed by atoms with E-state index in [-0.39, 0.29) is 0 Å². The van der Waals surface area contributed by atoms with Gasteiger partial charge in [-0.2, -0.15) is 0 Å². The summed E-state index contributed by atoms with van der Waals surface area (Å²) in [5.74, 6) is 3.61. The van der Waals surface area contributed by atoms with Gasteiger partial charge < -0.3 is 15.2 Å². The summed E-state index contributed by atoms with van der Waals surface area (Å²) in [5.41, 5.74) is 0. The van der Waals surface area contributed by atoms with Gasteiger partial charge in [-0.3, -0.25) is 4.99 Å². The summed E-state index contributed by atoms with van der Waals surface area (Å²) in [7, 11) is 1.82. The minimum Gasteiger partial charge on any atom is -0.356 e. The zero-order valence-electron chi connectivity index (χ0n) is 13.7. The molecule has 0 spiro atoms. The number of rotatable bonds is 5. The highest BCUT2D eigenvalue weighted by Gasteiger charge is 2.21. The Morgan fingerprint density at radius 3 is 3.13 bits per heavy atom. The van der Waals surface area contributed by atoms with E-state index < -0.39 is 0 Å². The zero-order valence-corrected chi connectivity index (χ0v) is 14.6. The molecule has 23 heavy (non-hydrogen) atoms. The van der Waals surface area contributed by atoms with Crippen LogP contribution in [0.5, 0.6) is 0 Å². The van der Waals surface area contributed by atoms with Gasteiger partial charge in [-0.25, -0.2) is 0 Å². The number of nitrogens with one attached hydrogen (secondary N) is 2. The maximum Gasteiger partial charge on any atom is 0.190 e. The molecular formula is C16H24N6S. The summed E-state index contributed by atoms with van der Waals surface area (Å²) in [5, 5.41) is 17.3. The topological polar surface area (TPSA) is 67.1 Å². The SMILES string of the molecule is CN=C(NCCc1cccs1)NCC1CCc2nnc(C)n2C1. The molecule has 7 heteroatoms. The quantitative estimate of drug-likeness (QED) is 0.645. The van der Waals surface area contributed by atoms with Gasteiger partial charge in [-0.1, -0.05) is 6.07 Å². The second-order valence-corrected chi connectivity index (χ2v) is 6.92. The molecule has 6 nitrogen and oxygen atoms in total. The van der Waals surface area contributed by atoms with Gasteiger partial charge in [0.15, 0.2) is 5.96 Å². The van der Waals surface area contributed by atoms with Crippen LogP contribution in [0.15, 0.2) is 22.5 Å². The average molecular weight is 332 g/mol. The van der Waals surface area contributed by atoms with Gasteiger partial charge in [0.05, 0.1) is 0 Å². The first kappa shape index (κ1) is 16.0. The summed E-state index contributed by atoms with van der Waals surface area (Å²) >= 11 is 1.80. The van der Waals surface area contributed by atoms with Crippen LogP contribution in [0.3, 0.4) is 0 Å². The molecule has 3 rings (SSSR count). The van der Waals surface area contributed by atoms with Crippen molar-refractivity contribution in [2.24, 2.45) is 10.9 Å². The standard InChI is InChI=1S/C16H24N6S/c1-12-20-21-15-6-5-13(11-22(12)15)10-19-16(17-2)18-8-7-14-4-3-9-23-14/h3-4,9,13H,5-8,10-11H2,1-2H3,(H2,17,18,19). The summed E-state index contributed by atoms with van der Waals surface area (Å²) in [6, 6.07) is 4.26. The molecule has 3 heterocycles. The van der Waals surface area contributed by atoms with E-state index in [2.05, 4.69) is 47.9 Å². The Labute approximate surface area is 141 Å². The highest BCUT2D eigenvalue weighted by Crippen LogP contribution is 2.19. The molecule has 1 unspecified atom stereocenters. The molecule has 2 aromatic rings. The van der Waals surface area contributed by atoms with Crippen molar-refractivity contribution in [3.05, 3.63) is 34.0 Å². The van der Waals surface area contributed by atoms with Gasteiger partial charge >= 0.3 is 0 Å². The Kier molecular flexibility index (Phi) is 5.27. The summed E-state index contributed by atoms with van der Waals surface area (Å²) in [6.07, 6.45) is 3.19. The van der Waals surface area contributed by atoms with Crippen LogP contribution in [0.4, 0.5) is 0 Å². The lowest BCUT2D eigenvalue weighted by molar-refractivity contribution is 0.358. The minimum absolute atomic E-state index is 0.591. The fourth-order valence-electron chi connectivity index (χ4n) is 2.92. The first-order valence-corrected chi connectivity index (χ1v) is 9.00. The maximum absolute atomic E-state index is 4.31. The predicted octanol–water partition coefficient (Wildman–Crippen LogP) is 1.62. The van der Waals surface area contributed by atoms with E-state index in [1.807, 2.05) is 14.0 Å². The minimum atomic E-state index is 0.591. The molecule has 2 N–H and O–H groups in total. The smallest absolute Gasteiger partial charge is 0.190 e. The van der Waals surface area contributed by atoms with Crippen LogP contribution in [-0.2, 0) is 19.4 Å². The van der Waals surface area contributed by atoms with Gasteiger partial charge in [0.2, 0.25) is 0 Å². The van der Waals surface area contributed by atoms with Gasteiger partial charge in [0.25, 0.3) is 0 Å². The lowest BCUT2D eigenvalue weighted by Gasteiger charge is -2.25. The molecule has 124 valence electrons. The molecule has 0 radical (unpaired) electrons. The number of nitrogens with zero attached hydrogens (tertiary/aromatic N) is 4. The molecule has 0 saturated carbocycles. The number of guanidine groups is 1. The third-order valence-electron chi connectivity index (χ3n) is 4.26. The number of thiophene rings is 1. The second kappa shape index (κ2) is 7.59. The zero-order chi connectivity index (χ0) is 16.1. The van der Waals surface area contributed by atoms with Crippen LogP contribution in [0.2, 0.25) is 0 Å². The van der Waals surface area contributed by atoms with E-state index in [9.17, 15) is 0 Å².